The molecule has 8 nitrogen and oxygen atoms in total. The third-order valence-corrected chi connectivity index (χ3v) is 8.00. The van der Waals surface area contributed by atoms with E-state index in [-0.39, 0.29) is 17.0 Å². The summed E-state index contributed by atoms with van der Waals surface area (Å²) in [5, 5.41) is 0.161. The molecular formula is C24H31FN6O2. The molecule has 1 aromatic heterocycles. The molecule has 2 aliphatic carbocycles. The van der Waals surface area contributed by atoms with Crippen molar-refractivity contribution in [1.29, 1.82) is 0 Å². The van der Waals surface area contributed by atoms with Gasteiger partial charge in [-0.25, -0.2) is 15.8 Å². The normalized spacial score (nSPS) is 21.7. The Labute approximate surface area is 192 Å². The van der Waals surface area contributed by atoms with Crippen molar-refractivity contribution in [2.24, 2.45) is 5.92 Å². The lowest BCUT2D eigenvalue weighted by Gasteiger charge is -2.34. The SMILES string of the molecule is [C-]#[N+]CCN(CC)C1(C2CCN(c3c(F)cc4c(=O)n(N)c(=O)n(C5CC5)c4c3C)C2)CC1. The van der Waals surface area contributed by atoms with Crippen molar-refractivity contribution in [3.8, 4) is 0 Å². The van der Waals surface area contributed by atoms with Gasteiger partial charge in [0.05, 0.1) is 23.1 Å². The number of halogens is 1. The number of nitrogens with zero attached hydrogens (tertiary/aromatic N) is 5. The third kappa shape index (κ3) is 3.34. The van der Waals surface area contributed by atoms with Crippen molar-refractivity contribution in [3.63, 3.8) is 0 Å². The van der Waals surface area contributed by atoms with Crippen LogP contribution in [0.25, 0.3) is 15.7 Å². The highest BCUT2D eigenvalue weighted by Gasteiger charge is 2.54. The molecule has 0 amide bonds. The van der Waals surface area contributed by atoms with Gasteiger partial charge in [-0.3, -0.25) is 14.3 Å². The number of aryl methyl sites for hydroxylation is 1. The average molecular weight is 455 g/mol. The van der Waals surface area contributed by atoms with Crippen molar-refractivity contribution < 1.29 is 4.39 Å². The van der Waals surface area contributed by atoms with Gasteiger partial charge in [0.25, 0.3) is 5.56 Å². The Balaban J connectivity index is 1.53. The molecule has 5 rings (SSSR count). The number of fused-ring (bicyclic) bond motifs is 1. The average Bonchev–Trinajstić information content (AvgIpc) is 3.73. The van der Waals surface area contributed by atoms with Crippen LogP contribution in [0.1, 0.15) is 50.6 Å². The monoisotopic (exact) mass is 454 g/mol. The number of nitrogens with two attached hydrogens (primary N) is 1. The van der Waals surface area contributed by atoms with Gasteiger partial charge in [0, 0.05) is 30.2 Å². The molecule has 1 saturated heterocycles. The molecular weight excluding hydrogens is 423 g/mol. The van der Waals surface area contributed by atoms with Crippen LogP contribution in [0.3, 0.4) is 0 Å². The maximum Gasteiger partial charge on any atom is 0.350 e. The summed E-state index contributed by atoms with van der Waals surface area (Å²) in [5.74, 6) is 5.70. The minimum atomic E-state index is -0.657. The molecule has 2 heterocycles. The van der Waals surface area contributed by atoms with Gasteiger partial charge in [-0.1, -0.05) is 6.92 Å². The van der Waals surface area contributed by atoms with E-state index in [0.29, 0.717) is 33.9 Å². The predicted octanol–water partition coefficient (Wildman–Crippen LogP) is 2.26. The fourth-order valence-electron chi connectivity index (χ4n) is 6.10. The molecule has 1 unspecified atom stereocenters. The smallest absolute Gasteiger partial charge is 0.350 e. The van der Waals surface area contributed by atoms with E-state index in [1.54, 1.807) is 4.57 Å². The van der Waals surface area contributed by atoms with Gasteiger partial charge in [0.2, 0.25) is 6.54 Å². The molecule has 0 spiro atoms. The van der Waals surface area contributed by atoms with Crippen molar-refractivity contribution in [3.05, 3.63) is 49.7 Å². The second-order valence-corrected chi connectivity index (χ2v) is 9.78. The van der Waals surface area contributed by atoms with Crippen molar-refractivity contribution in [2.45, 2.75) is 57.5 Å². The fraction of sp³-hybridized carbons (Fsp3) is 0.625. The van der Waals surface area contributed by atoms with Crippen LogP contribution in [0.4, 0.5) is 10.1 Å². The number of anilines is 1. The zero-order chi connectivity index (χ0) is 23.5. The zero-order valence-corrected chi connectivity index (χ0v) is 19.3. The molecule has 1 aromatic carbocycles. The van der Waals surface area contributed by atoms with E-state index in [2.05, 4.69) is 21.6 Å². The lowest BCUT2D eigenvalue weighted by molar-refractivity contribution is 0.140. The lowest BCUT2D eigenvalue weighted by atomic mass is 9.94. The number of hydrogen-bond donors (Lipinski definition) is 1. The summed E-state index contributed by atoms with van der Waals surface area (Å²) < 4.78 is 17.7. The zero-order valence-electron chi connectivity index (χ0n) is 19.3. The summed E-state index contributed by atoms with van der Waals surface area (Å²) in [6, 6.07) is 1.27. The second kappa shape index (κ2) is 7.87. The minimum absolute atomic E-state index is 0.00836. The lowest BCUT2D eigenvalue weighted by Crippen LogP contribution is -2.45. The Morgan fingerprint density at radius 3 is 2.64 bits per heavy atom. The van der Waals surface area contributed by atoms with Crippen molar-refractivity contribution >= 4 is 16.6 Å². The van der Waals surface area contributed by atoms with Gasteiger partial charge in [0.1, 0.15) is 5.82 Å². The predicted molar refractivity (Wildman–Crippen MR) is 127 cm³/mol. The first kappa shape index (κ1) is 22.0. The van der Waals surface area contributed by atoms with Crippen LogP contribution in [0.2, 0.25) is 0 Å². The highest BCUT2D eigenvalue weighted by Crippen LogP contribution is 2.51. The van der Waals surface area contributed by atoms with E-state index in [9.17, 15) is 9.59 Å². The van der Waals surface area contributed by atoms with Crippen molar-refractivity contribution in [2.75, 3.05) is 43.5 Å². The highest BCUT2D eigenvalue weighted by molar-refractivity contribution is 5.87. The molecule has 2 aromatic rings. The van der Waals surface area contributed by atoms with Crippen LogP contribution in [-0.4, -0.2) is 52.4 Å². The summed E-state index contributed by atoms with van der Waals surface area (Å²) in [7, 11) is 0. The molecule has 176 valence electrons. The molecule has 2 saturated carbocycles. The fourth-order valence-corrected chi connectivity index (χ4v) is 6.10. The van der Waals surface area contributed by atoms with E-state index in [0.717, 1.165) is 58.3 Å². The van der Waals surface area contributed by atoms with Gasteiger partial charge < -0.3 is 15.6 Å². The Kier molecular flexibility index (Phi) is 5.24. The highest BCUT2D eigenvalue weighted by atomic mass is 19.1. The molecule has 9 heteroatoms. The second-order valence-electron chi connectivity index (χ2n) is 9.78. The van der Waals surface area contributed by atoms with Crippen LogP contribution >= 0.6 is 0 Å². The van der Waals surface area contributed by atoms with Crippen LogP contribution in [0, 0.1) is 25.2 Å². The first-order valence-electron chi connectivity index (χ1n) is 11.9. The van der Waals surface area contributed by atoms with E-state index in [4.69, 9.17) is 12.4 Å². The number of likely N-dealkylation sites (N-methyl/N-ethyl adjacent to an activating group) is 1. The van der Waals surface area contributed by atoms with Crippen LogP contribution in [-0.2, 0) is 0 Å². The number of aromatic nitrogens is 2. The van der Waals surface area contributed by atoms with E-state index in [1.807, 2.05) is 6.92 Å². The number of benzene rings is 1. The summed E-state index contributed by atoms with van der Waals surface area (Å²) in [6.07, 6.45) is 4.91. The topological polar surface area (TPSA) is 80.9 Å². The van der Waals surface area contributed by atoms with Crippen molar-refractivity contribution in [1.82, 2.24) is 14.1 Å². The third-order valence-electron chi connectivity index (χ3n) is 8.00. The minimum Gasteiger partial charge on any atom is -0.369 e. The summed E-state index contributed by atoms with van der Waals surface area (Å²) >= 11 is 0. The molecule has 1 atom stereocenters. The summed E-state index contributed by atoms with van der Waals surface area (Å²) in [5.41, 5.74) is 0.562. The van der Waals surface area contributed by atoms with E-state index in [1.165, 1.54) is 6.07 Å². The van der Waals surface area contributed by atoms with Gasteiger partial charge in [-0.15, -0.1) is 0 Å². The molecule has 0 radical (unpaired) electrons. The number of nitrogen functional groups attached to an aromatic ring is 1. The molecule has 0 bridgehead atoms. The molecule has 1 aliphatic heterocycles. The number of rotatable bonds is 7. The van der Waals surface area contributed by atoms with Gasteiger partial charge in [-0.2, -0.15) is 4.68 Å². The maximum atomic E-state index is 15.5. The van der Waals surface area contributed by atoms with Crippen LogP contribution < -0.4 is 22.0 Å². The van der Waals surface area contributed by atoms with Crippen LogP contribution in [0.15, 0.2) is 15.7 Å². The largest absolute Gasteiger partial charge is 0.369 e. The van der Waals surface area contributed by atoms with Gasteiger partial charge in [-0.05, 0) is 57.6 Å². The summed E-state index contributed by atoms with van der Waals surface area (Å²) in [6.45, 7) is 14.8. The Morgan fingerprint density at radius 1 is 1.30 bits per heavy atom. The van der Waals surface area contributed by atoms with E-state index < -0.39 is 17.1 Å². The summed E-state index contributed by atoms with van der Waals surface area (Å²) in [4.78, 5) is 33.6. The molecule has 3 aliphatic rings. The Morgan fingerprint density at radius 2 is 2.03 bits per heavy atom. The molecule has 3 fully saturated rings. The quantitative estimate of drug-likeness (QED) is 0.513. The Bertz CT molecular complexity index is 1270. The Hall–Kier alpha value is -2.86. The van der Waals surface area contributed by atoms with E-state index >= 15 is 4.39 Å². The first-order chi connectivity index (χ1) is 15.8. The van der Waals surface area contributed by atoms with Gasteiger partial charge in [0.15, 0.2) is 0 Å². The first-order valence-corrected chi connectivity index (χ1v) is 11.9. The molecule has 33 heavy (non-hydrogen) atoms. The number of hydrogen-bond acceptors (Lipinski definition) is 5. The van der Waals surface area contributed by atoms with Crippen LogP contribution in [0.5, 0.6) is 0 Å². The van der Waals surface area contributed by atoms with Gasteiger partial charge >= 0.3 is 5.69 Å². The molecule has 2 N–H and O–H groups in total. The maximum absolute atomic E-state index is 15.5. The standard InChI is InChI=1S/C24H31FN6O2/c1-4-29(12-10-27-3)24(8-9-24)16-7-11-28(14-16)21-15(2)20-18(13-19(21)25)22(32)31(26)23(33)30(20)17-5-6-17/h13,16-17H,4-12,14,26H2,1-2H3.